The topological polar surface area (TPSA) is 27.7 Å². The van der Waals surface area contributed by atoms with Crippen molar-refractivity contribution in [2.75, 3.05) is 35.7 Å². The standard InChI is InChI=1S/C50H96I2O3/c1-3-5-7-25-31-37-49(39-33-27-21-17-13-9-11-15-19-23-29-35-43-51)41-45-53-47-55-48-54-46-42-50(38-32-26-8-6-4-2)40-34-28-22-18-14-10-12-16-20-24-30-36-44-52/h33-34,39-40,49-50H,3-32,35-38,41-48H2,1-2H3. The summed E-state index contributed by atoms with van der Waals surface area (Å²) in [6.07, 6.45) is 59.1. The van der Waals surface area contributed by atoms with Crippen molar-refractivity contribution < 1.29 is 14.2 Å². The summed E-state index contributed by atoms with van der Waals surface area (Å²) >= 11 is 5.00. The summed E-state index contributed by atoms with van der Waals surface area (Å²) in [6, 6.07) is 0. The van der Waals surface area contributed by atoms with Crippen LogP contribution in [0.25, 0.3) is 0 Å². The Labute approximate surface area is 373 Å². The predicted molar refractivity (Wildman–Crippen MR) is 263 cm³/mol. The van der Waals surface area contributed by atoms with E-state index in [-0.39, 0.29) is 0 Å². The Morgan fingerprint density at radius 1 is 0.345 bits per heavy atom. The third-order valence-electron chi connectivity index (χ3n) is 11.3. The van der Waals surface area contributed by atoms with Gasteiger partial charge >= 0.3 is 0 Å². The van der Waals surface area contributed by atoms with Crippen LogP contribution in [0.1, 0.15) is 245 Å². The highest BCUT2D eigenvalue weighted by atomic mass is 127. The second-order valence-electron chi connectivity index (χ2n) is 16.6. The SMILES string of the molecule is CCCCCCCC(C=CCCCCCCCCCCCCI)CCOCOCOCCC(C=CCCCCCCCCCCCCI)CCCCCCC. The minimum atomic E-state index is 0.338. The minimum Gasteiger partial charge on any atom is -0.355 e. The minimum absolute atomic E-state index is 0.338. The van der Waals surface area contributed by atoms with E-state index >= 15 is 0 Å². The molecule has 3 nitrogen and oxygen atoms in total. The molecule has 0 fully saturated rings. The smallest absolute Gasteiger partial charge is 0.149 e. The van der Waals surface area contributed by atoms with Gasteiger partial charge < -0.3 is 14.2 Å². The molecule has 0 aliphatic carbocycles. The van der Waals surface area contributed by atoms with Gasteiger partial charge in [0, 0.05) is 13.2 Å². The zero-order valence-electron chi connectivity index (χ0n) is 37.1. The van der Waals surface area contributed by atoms with E-state index in [0.717, 1.165) is 26.1 Å². The Hall–Kier alpha value is 0.820. The molecule has 0 saturated carbocycles. The van der Waals surface area contributed by atoms with Crippen molar-refractivity contribution >= 4 is 45.2 Å². The van der Waals surface area contributed by atoms with Crippen LogP contribution in [0.5, 0.6) is 0 Å². The van der Waals surface area contributed by atoms with E-state index in [2.05, 4.69) is 83.3 Å². The van der Waals surface area contributed by atoms with Gasteiger partial charge in [0.25, 0.3) is 0 Å². The Balaban J connectivity index is 4.19. The third kappa shape index (κ3) is 47.4. The number of halogens is 2. The van der Waals surface area contributed by atoms with Crippen LogP contribution in [0.2, 0.25) is 0 Å². The van der Waals surface area contributed by atoms with Crippen molar-refractivity contribution in [3.05, 3.63) is 24.3 Å². The number of ether oxygens (including phenoxy) is 3. The van der Waals surface area contributed by atoms with Gasteiger partial charge in [-0.25, -0.2) is 0 Å². The van der Waals surface area contributed by atoms with E-state index < -0.39 is 0 Å². The largest absolute Gasteiger partial charge is 0.355 e. The fraction of sp³-hybridized carbons (Fsp3) is 0.920. The zero-order chi connectivity index (χ0) is 39.8. The van der Waals surface area contributed by atoms with Gasteiger partial charge in [0.15, 0.2) is 0 Å². The van der Waals surface area contributed by atoms with Crippen molar-refractivity contribution in [3.63, 3.8) is 0 Å². The number of hydrogen-bond donors (Lipinski definition) is 0. The van der Waals surface area contributed by atoms with Crippen molar-refractivity contribution in [3.8, 4) is 0 Å². The molecule has 0 aromatic rings. The van der Waals surface area contributed by atoms with E-state index in [1.165, 1.54) is 227 Å². The van der Waals surface area contributed by atoms with Crippen molar-refractivity contribution in [2.45, 2.75) is 245 Å². The molecule has 0 saturated heterocycles. The second kappa shape index (κ2) is 51.0. The van der Waals surface area contributed by atoms with E-state index in [4.69, 9.17) is 14.2 Å². The molecule has 0 aliphatic heterocycles. The molecule has 0 aromatic carbocycles. The highest BCUT2D eigenvalue weighted by Crippen LogP contribution is 2.20. The molecule has 0 bridgehead atoms. The molecule has 55 heavy (non-hydrogen) atoms. The van der Waals surface area contributed by atoms with E-state index in [0.29, 0.717) is 25.4 Å². The van der Waals surface area contributed by atoms with Gasteiger partial charge in [-0.1, -0.05) is 250 Å². The first-order valence-corrected chi connectivity index (χ1v) is 27.5. The van der Waals surface area contributed by atoms with Gasteiger partial charge in [-0.2, -0.15) is 0 Å². The van der Waals surface area contributed by atoms with Crippen LogP contribution in [0.4, 0.5) is 0 Å². The Morgan fingerprint density at radius 2 is 0.655 bits per heavy atom. The number of rotatable bonds is 48. The molecule has 0 heterocycles. The van der Waals surface area contributed by atoms with Gasteiger partial charge in [0.1, 0.15) is 13.6 Å². The maximum absolute atomic E-state index is 5.92. The summed E-state index contributed by atoms with van der Waals surface area (Å²) in [7, 11) is 0. The first kappa shape index (κ1) is 55.8. The summed E-state index contributed by atoms with van der Waals surface area (Å²) in [5.74, 6) is 1.26. The normalized spacial score (nSPS) is 13.2. The van der Waals surface area contributed by atoms with Crippen LogP contribution in [-0.2, 0) is 14.2 Å². The van der Waals surface area contributed by atoms with Crippen LogP contribution in [0.3, 0.4) is 0 Å². The Kier molecular flexibility index (Phi) is 51.7. The number of hydrogen-bond acceptors (Lipinski definition) is 3. The van der Waals surface area contributed by atoms with Gasteiger partial charge in [0.05, 0.1) is 0 Å². The van der Waals surface area contributed by atoms with Crippen LogP contribution < -0.4 is 0 Å². The molecule has 328 valence electrons. The van der Waals surface area contributed by atoms with Crippen molar-refractivity contribution in [1.29, 1.82) is 0 Å². The van der Waals surface area contributed by atoms with Crippen LogP contribution in [-0.4, -0.2) is 35.7 Å². The lowest BCUT2D eigenvalue weighted by atomic mass is 9.96. The van der Waals surface area contributed by atoms with Gasteiger partial charge in [-0.3, -0.25) is 0 Å². The lowest BCUT2D eigenvalue weighted by Gasteiger charge is -2.14. The fourth-order valence-electron chi connectivity index (χ4n) is 7.55. The third-order valence-corrected chi connectivity index (χ3v) is 12.8. The molecule has 0 spiro atoms. The molecular weight excluding hydrogens is 902 g/mol. The molecular formula is C50H96I2O3. The van der Waals surface area contributed by atoms with E-state index in [9.17, 15) is 0 Å². The first-order chi connectivity index (χ1) is 27.3. The molecule has 0 radical (unpaired) electrons. The summed E-state index contributed by atoms with van der Waals surface area (Å²) in [5.41, 5.74) is 0. The summed E-state index contributed by atoms with van der Waals surface area (Å²) in [4.78, 5) is 0. The highest BCUT2D eigenvalue weighted by molar-refractivity contribution is 14.1. The molecule has 2 unspecified atom stereocenters. The number of allylic oxidation sites excluding steroid dienone is 4. The summed E-state index contributed by atoms with van der Waals surface area (Å²) in [5, 5.41) is 0. The van der Waals surface area contributed by atoms with Crippen molar-refractivity contribution in [2.24, 2.45) is 11.8 Å². The second-order valence-corrected chi connectivity index (χ2v) is 18.8. The first-order valence-electron chi connectivity index (χ1n) is 24.5. The maximum Gasteiger partial charge on any atom is 0.149 e. The molecule has 0 aromatic heterocycles. The van der Waals surface area contributed by atoms with Gasteiger partial charge in [-0.15, -0.1) is 0 Å². The molecule has 5 heteroatoms. The van der Waals surface area contributed by atoms with Crippen LogP contribution in [0, 0.1) is 11.8 Å². The lowest BCUT2D eigenvalue weighted by Crippen LogP contribution is -2.10. The Bertz CT molecular complexity index is 685. The molecule has 0 N–H and O–H groups in total. The molecule has 0 amide bonds. The fourth-order valence-corrected chi connectivity index (χ4v) is 8.63. The van der Waals surface area contributed by atoms with Crippen molar-refractivity contribution in [1.82, 2.24) is 0 Å². The number of unbranched alkanes of at least 4 members (excludes halogenated alkanes) is 28. The molecule has 0 rings (SSSR count). The number of alkyl halides is 2. The Morgan fingerprint density at radius 3 is 1.00 bits per heavy atom. The zero-order valence-corrected chi connectivity index (χ0v) is 41.5. The van der Waals surface area contributed by atoms with Gasteiger partial charge in [-0.05, 0) is 84.9 Å². The monoisotopic (exact) mass is 999 g/mol. The highest BCUT2D eigenvalue weighted by Gasteiger charge is 2.07. The quantitative estimate of drug-likeness (QED) is 0.0200. The summed E-state index contributed by atoms with van der Waals surface area (Å²) in [6.45, 7) is 6.82. The van der Waals surface area contributed by atoms with Crippen LogP contribution in [0.15, 0.2) is 24.3 Å². The average molecular weight is 999 g/mol. The van der Waals surface area contributed by atoms with E-state index in [1.54, 1.807) is 0 Å². The molecule has 2 atom stereocenters. The predicted octanol–water partition coefficient (Wildman–Crippen LogP) is 18.2. The van der Waals surface area contributed by atoms with Crippen LogP contribution >= 0.6 is 45.2 Å². The maximum atomic E-state index is 5.92. The molecule has 0 aliphatic rings. The average Bonchev–Trinajstić information content (AvgIpc) is 3.19. The van der Waals surface area contributed by atoms with Gasteiger partial charge in [0.2, 0.25) is 0 Å². The lowest BCUT2D eigenvalue weighted by molar-refractivity contribution is -0.133. The van der Waals surface area contributed by atoms with E-state index in [1.807, 2.05) is 0 Å². The summed E-state index contributed by atoms with van der Waals surface area (Å²) < 4.78 is 20.2.